The van der Waals surface area contributed by atoms with Crippen molar-refractivity contribution in [2.24, 2.45) is 0 Å². The summed E-state index contributed by atoms with van der Waals surface area (Å²) in [4.78, 5) is 12.5. The highest BCUT2D eigenvalue weighted by Crippen LogP contribution is 1.99. The molecule has 1 heterocycles. The maximum absolute atomic E-state index is 4.72. The fourth-order valence-corrected chi connectivity index (χ4v) is 0.403. The first-order chi connectivity index (χ1) is 3.86. The van der Waals surface area contributed by atoms with Crippen LogP contribution in [-0.4, -0.2) is 39.1 Å². The summed E-state index contributed by atoms with van der Waals surface area (Å²) in [6.07, 6.45) is 0. The van der Waals surface area contributed by atoms with Gasteiger partial charge in [-0.3, -0.25) is 0 Å². The average Bonchev–Trinajstić information content (AvgIpc) is 1.65. The fourth-order valence-electron chi connectivity index (χ4n) is 0.403. The van der Waals surface area contributed by atoms with Gasteiger partial charge in [0.2, 0.25) is 0 Å². The largest absolute Gasteiger partial charge is 0.613 e. The van der Waals surface area contributed by atoms with Gasteiger partial charge in [0.1, 0.15) is 0 Å². The maximum Gasteiger partial charge on any atom is 0.0483 e. The summed E-state index contributed by atoms with van der Waals surface area (Å²) >= 11 is 0. The molecule has 6 heteroatoms. The van der Waals surface area contributed by atoms with Gasteiger partial charge in [-0.1, -0.05) is 0 Å². The Hall–Kier alpha value is -0.0301. The quantitative estimate of drug-likeness (QED) is 0.418. The lowest BCUT2D eigenvalue weighted by molar-refractivity contribution is -0.0786. The summed E-state index contributed by atoms with van der Waals surface area (Å²) in [7, 11) is 6.50. The fraction of sp³-hybridized carbons (Fsp3) is 1.00. The molecule has 0 amide bonds. The van der Waals surface area contributed by atoms with Gasteiger partial charge in [-0.05, 0) is 0 Å². The maximum atomic E-state index is 4.72. The van der Waals surface area contributed by atoms with Crippen LogP contribution in [0.2, 0.25) is 0 Å². The van der Waals surface area contributed by atoms with Gasteiger partial charge < -0.3 is 19.4 Å². The Labute approximate surface area is 49.8 Å². The molecule has 0 aliphatic carbocycles. The number of rotatable bonds is 2. The predicted molar refractivity (Wildman–Crippen MR) is 29.2 cm³/mol. The van der Waals surface area contributed by atoms with Crippen molar-refractivity contribution in [2.45, 2.75) is 0 Å². The van der Waals surface area contributed by atoms with Crippen LogP contribution in [0.25, 0.3) is 0 Å². The summed E-state index contributed by atoms with van der Waals surface area (Å²) in [5, 5.41) is 0. The SMILES string of the molecule is CON1[B-]N(OC)[B-]1. The van der Waals surface area contributed by atoms with Crippen LogP contribution in [0, 0.1) is 0 Å². The van der Waals surface area contributed by atoms with Gasteiger partial charge in [0, 0.05) is 14.2 Å². The van der Waals surface area contributed by atoms with Crippen LogP contribution in [0.5, 0.6) is 0 Å². The van der Waals surface area contributed by atoms with E-state index < -0.39 is 0 Å². The second-order valence-corrected chi connectivity index (χ2v) is 1.32. The Bertz CT molecular complexity index is 68.4. The van der Waals surface area contributed by atoms with Crippen molar-refractivity contribution in [1.82, 2.24) is 9.77 Å². The lowest BCUT2D eigenvalue weighted by Crippen LogP contribution is -2.60. The van der Waals surface area contributed by atoms with Crippen molar-refractivity contribution in [1.29, 1.82) is 0 Å². The molecule has 0 aromatic heterocycles. The van der Waals surface area contributed by atoms with Gasteiger partial charge in [-0.25, -0.2) is 15.1 Å². The van der Waals surface area contributed by atoms with Gasteiger partial charge in [-0.15, -0.1) is 0 Å². The molecule has 4 nitrogen and oxygen atoms in total. The average molecular weight is 112 g/mol. The molecule has 0 aromatic carbocycles. The molecule has 0 bridgehead atoms. The lowest BCUT2D eigenvalue weighted by atomic mass is 9.82. The van der Waals surface area contributed by atoms with Crippen molar-refractivity contribution in [2.75, 3.05) is 14.2 Å². The van der Waals surface area contributed by atoms with Crippen LogP contribution in [0.4, 0.5) is 0 Å². The lowest BCUT2D eigenvalue weighted by Gasteiger charge is -2.72. The molecule has 0 unspecified atom stereocenters. The Morgan fingerprint density at radius 3 is 1.62 bits per heavy atom. The molecule has 1 saturated heterocycles. The molecule has 1 fully saturated rings. The first-order valence-electron chi connectivity index (χ1n) is 2.21. The van der Waals surface area contributed by atoms with Gasteiger partial charge in [0.15, 0.2) is 0 Å². The first-order valence-corrected chi connectivity index (χ1v) is 2.21. The Morgan fingerprint density at radius 2 is 1.38 bits per heavy atom. The highest BCUT2D eigenvalue weighted by atomic mass is 16.7. The van der Waals surface area contributed by atoms with E-state index in [0.717, 1.165) is 0 Å². The van der Waals surface area contributed by atoms with Crippen molar-refractivity contribution >= 4 is 15.1 Å². The minimum atomic E-state index is 1.53. The molecule has 1 aliphatic rings. The van der Waals surface area contributed by atoms with E-state index in [0.29, 0.717) is 0 Å². The normalized spacial score (nSPS) is 23.2. The molecule has 44 valence electrons. The predicted octanol–water partition coefficient (Wildman–Crippen LogP) is -1.20. The second kappa shape index (κ2) is 2.50. The summed E-state index contributed by atoms with van der Waals surface area (Å²) in [6, 6.07) is 0. The first kappa shape index (κ1) is 6.10. The van der Waals surface area contributed by atoms with Crippen LogP contribution in [-0.2, 0) is 9.68 Å². The van der Waals surface area contributed by atoms with E-state index in [4.69, 9.17) is 9.68 Å². The Balaban J connectivity index is 2.03. The summed E-state index contributed by atoms with van der Waals surface area (Å²) in [5.74, 6) is 0. The number of hydrogen-bond acceptors (Lipinski definition) is 4. The van der Waals surface area contributed by atoms with E-state index in [1.165, 1.54) is 9.77 Å². The molecular weight excluding hydrogens is 106 g/mol. The summed E-state index contributed by atoms with van der Waals surface area (Å²) in [6.45, 7) is 0. The second-order valence-electron chi connectivity index (χ2n) is 1.32. The third-order valence-electron chi connectivity index (χ3n) is 0.877. The Morgan fingerprint density at radius 1 is 1.00 bits per heavy atom. The van der Waals surface area contributed by atoms with Crippen molar-refractivity contribution in [3.8, 4) is 0 Å². The zero-order valence-electron chi connectivity index (χ0n) is 4.87. The van der Waals surface area contributed by atoms with Crippen LogP contribution in [0.1, 0.15) is 0 Å². The third-order valence-corrected chi connectivity index (χ3v) is 0.877. The molecule has 0 spiro atoms. The summed E-state index contributed by atoms with van der Waals surface area (Å²) < 4.78 is 0. The van der Waals surface area contributed by atoms with Crippen LogP contribution < -0.4 is 0 Å². The van der Waals surface area contributed by atoms with Gasteiger partial charge in [0.25, 0.3) is 0 Å². The van der Waals surface area contributed by atoms with E-state index in [9.17, 15) is 0 Å². The Kier molecular flexibility index (Phi) is 1.90. The number of nitrogens with zero attached hydrogens (tertiary/aromatic N) is 2. The smallest absolute Gasteiger partial charge is 0.0483 e. The minimum Gasteiger partial charge on any atom is -0.613 e. The van der Waals surface area contributed by atoms with E-state index in [2.05, 4.69) is 0 Å². The molecule has 4 radical (unpaired) electrons. The van der Waals surface area contributed by atoms with Gasteiger partial charge >= 0.3 is 0 Å². The van der Waals surface area contributed by atoms with E-state index in [-0.39, 0.29) is 0 Å². The topological polar surface area (TPSA) is 24.9 Å². The monoisotopic (exact) mass is 112 g/mol. The van der Waals surface area contributed by atoms with Crippen LogP contribution in [0.3, 0.4) is 0 Å². The van der Waals surface area contributed by atoms with Crippen LogP contribution in [0.15, 0.2) is 0 Å². The van der Waals surface area contributed by atoms with E-state index >= 15 is 0 Å². The molecule has 0 aromatic rings. The molecule has 0 saturated carbocycles. The molecule has 1 rings (SSSR count). The summed E-state index contributed by atoms with van der Waals surface area (Å²) in [5.41, 5.74) is 0. The molecule has 0 atom stereocenters. The van der Waals surface area contributed by atoms with Crippen LogP contribution >= 0.6 is 0 Å². The van der Waals surface area contributed by atoms with E-state index in [1.807, 2.05) is 0 Å². The van der Waals surface area contributed by atoms with Crippen molar-refractivity contribution in [3.05, 3.63) is 0 Å². The minimum absolute atomic E-state index is 1.53. The standard InChI is InChI=1S/C2H6B2N2O2/c1-7-5-3-6(4-5)8-2/h1-2H3/q-2. The van der Waals surface area contributed by atoms with Gasteiger partial charge in [0.05, 0.1) is 0 Å². The molecule has 8 heavy (non-hydrogen) atoms. The number of hydrogen-bond donors (Lipinski definition) is 0. The highest BCUT2D eigenvalue weighted by molar-refractivity contribution is 6.63. The highest BCUT2D eigenvalue weighted by Gasteiger charge is 1.88. The van der Waals surface area contributed by atoms with E-state index in [1.54, 1.807) is 29.3 Å². The van der Waals surface area contributed by atoms with Gasteiger partial charge in [-0.2, -0.15) is 0 Å². The molecule has 1 aliphatic heterocycles. The van der Waals surface area contributed by atoms with Crippen molar-refractivity contribution < 1.29 is 9.68 Å². The zero-order valence-corrected chi connectivity index (χ0v) is 4.87. The molecule has 0 N–H and O–H groups in total. The zero-order chi connectivity index (χ0) is 5.98. The molecular formula is C2H6B2N2O2-2. The van der Waals surface area contributed by atoms with Crippen molar-refractivity contribution in [3.63, 3.8) is 0 Å². The third kappa shape index (κ3) is 1.03.